The van der Waals surface area contributed by atoms with Crippen LogP contribution in [0.5, 0.6) is 0 Å². The summed E-state index contributed by atoms with van der Waals surface area (Å²) < 4.78 is 4.58. The van der Waals surface area contributed by atoms with Gasteiger partial charge in [-0.1, -0.05) is 57.9 Å². The number of hydrogen-bond acceptors (Lipinski definition) is 3. The Balaban J connectivity index is 3.34. The van der Waals surface area contributed by atoms with E-state index in [-0.39, 0.29) is 11.8 Å². The Bertz CT molecular complexity index is 308. The average Bonchev–Trinajstić information content (AvgIpc) is 2.52. The predicted molar refractivity (Wildman–Crippen MR) is 91.9 cm³/mol. The van der Waals surface area contributed by atoms with Gasteiger partial charge in [-0.05, 0) is 31.8 Å². The summed E-state index contributed by atoms with van der Waals surface area (Å²) in [5.41, 5.74) is 0. The van der Waals surface area contributed by atoms with Crippen LogP contribution in [0, 0.1) is 0 Å². The molecule has 0 aromatic carbocycles. The first-order valence-electron chi connectivity index (χ1n) is 8.97. The van der Waals surface area contributed by atoms with Crippen molar-refractivity contribution in [2.45, 2.75) is 90.4 Å². The monoisotopic (exact) mass is 310 g/mol. The second kappa shape index (κ2) is 16.3. The Morgan fingerprint density at radius 1 is 0.818 bits per heavy atom. The fourth-order valence-corrected chi connectivity index (χ4v) is 2.36. The second-order valence-electron chi connectivity index (χ2n) is 5.92. The van der Waals surface area contributed by atoms with Gasteiger partial charge in [0.2, 0.25) is 0 Å². The summed E-state index contributed by atoms with van der Waals surface area (Å²) in [6.45, 7) is 2.23. The van der Waals surface area contributed by atoms with Gasteiger partial charge in [-0.25, -0.2) is 0 Å². The Labute approximate surface area is 136 Å². The molecule has 0 aliphatic rings. The average molecular weight is 310 g/mol. The van der Waals surface area contributed by atoms with Crippen LogP contribution in [0.3, 0.4) is 0 Å². The maximum atomic E-state index is 11.6. The second-order valence-corrected chi connectivity index (χ2v) is 5.92. The molecule has 0 unspecified atom stereocenters. The van der Waals surface area contributed by atoms with Crippen LogP contribution in [0.25, 0.3) is 0 Å². The summed E-state index contributed by atoms with van der Waals surface area (Å²) in [7, 11) is 1.42. The van der Waals surface area contributed by atoms with Crippen LogP contribution in [0.2, 0.25) is 0 Å². The number of hydrogen-bond donors (Lipinski definition) is 0. The van der Waals surface area contributed by atoms with Crippen molar-refractivity contribution in [3.63, 3.8) is 0 Å². The topological polar surface area (TPSA) is 43.4 Å². The molecule has 0 heterocycles. The molecule has 0 radical (unpaired) electrons. The largest absolute Gasteiger partial charge is 0.469 e. The van der Waals surface area contributed by atoms with Gasteiger partial charge >= 0.3 is 5.97 Å². The first kappa shape index (κ1) is 20.9. The zero-order valence-electron chi connectivity index (χ0n) is 14.6. The van der Waals surface area contributed by atoms with Crippen LogP contribution in [-0.2, 0) is 14.3 Å². The van der Waals surface area contributed by atoms with Crippen LogP contribution >= 0.6 is 0 Å². The van der Waals surface area contributed by atoms with Gasteiger partial charge < -0.3 is 4.74 Å². The fraction of sp³-hybridized carbons (Fsp3) is 0.789. The van der Waals surface area contributed by atoms with Crippen molar-refractivity contribution in [1.82, 2.24) is 0 Å². The maximum Gasteiger partial charge on any atom is 0.305 e. The molecule has 0 N–H and O–H groups in total. The van der Waals surface area contributed by atoms with E-state index in [2.05, 4.69) is 11.7 Å². The van der Waals surface area contributed by atoms with E-state index in [1.807, 2.05) is 6.08 Å². The van der Waals surface area contributed by atoms with E-state index in [0.717, 1.165) is 32.1 Å². The molecular formula is C19H34O3. The molecular weight excluding hydrogens is 276 g/mol. The molecule has 0 saturated carbocycles. The van der Waals surface area contributed by atoms with E-state index in [9.17, 15) is 9.59 Å². The summed E-state index contributed by atoms with van der Waals surface area (Å²) in [4.78, 5) is 22.6. The van der Waals surface area contributed by atoms with Gasteiger partial charge in [0, 0.05) is 12.8 Å². The maximum absolute atomic E-state index is 11.6. The number of ketones is 1. The third-order valence-corrected chi connectivity index (χ3v) is 3.81. The van der Waals surface area contributed by atoms with Crippen molar-refractivity contribution in [2.24, 2.45) is 0 Å². The quantitative estimate of drug-likeness (QED) is 0.232. The number of rotatable bonds is 15. The van der Waals surface area contributed by atoms with Gasteiger partial charge in [0.1, 0.15) is 0 Å². The Morgan fingerprint density at radius 3 is 2.09 bits per heavy atom. The van der Waals surface area contributed by atoms with E-state index in [1.165, 1.54) is 45.6 Å². The van der Waals surface area contributed by atoms with Crippen LogP contribution in [0.4, 0.5) is 0 Å². The molecule has 0 aromatic heterocycles. The highest BCUT2D eigenvalue weighted by molar-refractivity contribution is 5.89. The molecule has 0 amide bonds. The van der Waals surface area contributed by atoms with Crippen molar-refractivity contribution in [2.75, 3.05) is 7.11 Å². The minimum Gasteiger partial charge on any atom is -0.469 e. The molecule has 0 bridgehead atoms. The molecule has 0 fully saturated rings. The number of carbonyl (C=O) groups excluding carboxylic acids is 2. The van der Waals surface area contributed by atoms with Crippen molar-refractivity contribution in [3.05, 3.63) is 12.2 Å². The first-order valence-corrected chi connectivity index (χ1v) is 8.97. The van der Waals surface area contributed by atoms with E-state index >= 15 is 0 Å². The van der Waals surface area contributed by atoms with E-state index in [1.54, 1.807) is 6.08 Å². The zero-order chi connectivity index (χ0) is 16.5. The Hall–Kier alpha value is -1.12. The van der Waals surface area contributed by atoms with Gasteiger partial charge in [0.05, 0.1) is 7.11 Å². The smallest absolute Gasteiger partial charge is 0.305 e. The zero-order valence-corrected chi connectivity index (χ0v) is 14.6. The van der Waals surface area contributed by atoms with Gasteiger partial charge in [-0.2, -0.15) is 0 Å². The molecule has 0 aromatic rings. The third kappa shape index (κ3) is 15.3. The molecule has 3 heteroatoms. The molecule has 128 valence electrons. The molecule has 22 heavy (non-hydrogen) atoms. The lowest BCUT2D eigenvalue weighted by Gasteiger charge is -2.00. The number of methoxy groups -OCH3 is 1. The molecule has 0 aliphatic heterocycles. The van der Waals surface area contributed by atoms with Crippen molar-refractivity contribution >= 4 is 11.8 Å². The molecule has 3 nitrogen and oxygen atoms in total. The number of ether oxygens (including phenoxy) is 1. The summed E-state index contributed by atoms with van der Waals surface area (Å²) in [6, 6.07) is 0. The normalized spacial score (nSPS) is 11.0. The van der Waals surface area contributed by atoms with E-state index in [0.29, 0.717) is 12.8 Å². The van der Waals surface area contributed by atoms with Crippen LogP contribution in [-0.4, -0.2) is 18.9 Å². The number of esters is 1. The fourth-order valence-electron chi connectivity index (χ4n) is 2.36. The Kier molecular flexibility index (Phi) is 15.4. The van der Waals surface area contributed by atoms with E-state index < -0.39 is 0 Å². The standard InChI is InChI=1S/C19H34O3/c1-3-4-5-6-7-8-9-12-15-18(20)16-13-10-11-14-17-19(21)22-2/h12,15H,3-11,13-14,16-17H2,1-2H3. The van der Waals surface area contributed by atoms with Crippen molar-refractivity contribution < 1.29 is 14.3 Å². The van der Waals surface area contributed by atoms with Crippen LogP contribution in [0.1, 0.15) is 90.4 Å². The van der Waals surface area contributed by atoms with Crippen LogP contribution in [0.15, 0.2) is 12.2 Å². The molecule has 0 saturated heterocycles. The number of allylic oxidation sites excluding steroid dienone is 2. The Morgan fingerprint density at radius 2 is 1.41 bits per heavy atom. The summed E-state index contributed by atoms with van der Waals surface area (Å²) in [5, 5.41) is 0. The number of unbranched alkanes of at least 4 members (excludes halogenated alkanes) is 9. The van der Waals surface area contributed by atoms with Crippen LogP contribution < -0.4 is 0 Å². The minimum atomic E-state index is -0.145. The van der Waals surface area contributed by atoms with Gasteiger partial charge in [-0.15, -0.1) is 0 Å². The summed E-state index contributed by atoms with van der Waals surface area (Å²) >= 11 is 0. The molecule has 0 aliphatic carbocycles. The minimum absolute atomic E-state index is 0.145. The molecule has 0 atom stereocenters. The summed E-state index contributed by atoms with van der Waals surface area (Å²) in [5.74, 6) is 0.0904. The lowest BCUT2D eigenvalue weighted by atomic mass is 10.1. The summed E-state index contributed by atoms with van der Waals surface area (Å²) in [6.07, 6.45) is 17.5. The van der Waals surface area contributed by atoms with E-state index in [4.69, 9.17) is 0 Å². The lowest BCUT2D eigenvalue weighted by Crippen LogP contribution is -1.99. The third-order valence-electron chi connectivity index (χ3n) is 3.81. The SMILES string of the molecule is CCCCCCCCC=CC(=O)CCCCCCC(=O)OC. The lowest BCUT2D eigenvalue weighted by molar-refractivity contribution is -0.140. The molecule has 0 spiro atoms. The highest BCUT2D eigenvalue weighted by Crippen LogP contribution is 2.09. The highest BCUT2D eigenvalue weighted by Gasteiger charge is 2.00. The molecule has 0 rings (SSSR count). The first-order chi connectivity index (χ1) is 10.7. The predicted octanol–water partition coefficient (Wildman–Crippen LogP) is 5.38. The van der Waals surface area contributed by atoms with Gasteiger partial charge in [-0.3, -0.25) is 9.59 Å². The van der Waals surface area contributed by atoms with Gasteiger partial charge in [0.15, 0.2) is 5.78 Å². The van der Waals surface area contributed by atoms with Gasteiger partial charge in [0.25, 0.3) is 0 Å². The van der Waals surface area contributed by atoms with Crippen molar-refractivity contribution in [1.29, 1.82) is 0 Å². The van der Waals surface area contributed by atoms with Crippen molar-refractivity contribution in [3.8, 4) is 0 Å². The highest BCUT2D eigenvalue weighted by atomic mass is 16.5. The number of carbonyl (C=O) groups is 2.